The van der Waals surface area contributed by atoms with Crippen LogP contribution in [0.15, 0.2) is 11.0 Å². The van der Waals surface area contributed by atoms with E-state index in [1.807, 2.05) is 0 Å². The van der Waals surface area contributed by atoms with Crippen LogP contribution in [-0.2, 0) is 0 Å². The van der Waals surface area contributed by atoms with Crippen LogP contribution in [0.25, 0.3) is 0 Å². The van der Waals surface area contributed by atoms with E-state index in [-0.39, 0.29) is 11.1 Å². The maximum Gasteiger partial charge on any atom is 0.341 e. The Hall–Kier alpha value is -1.62. The van der Waals surface area contributed by atoms with Gasteiger partial charge in [-0.05, 0) is 13.8 Å². The lowest BCUT2D eigenvalue weighted by Crippen LogP contribution is -2.22. The Bertz CT molecular complexity index is 419. The van der Waals surface area contributed by atoms with E-state index in [0.29, 0.717) is 5.69 Å². The zero-order valence-electron chi connectivity index (χ0n) is 7.87. The van der Waals surface area contributed by atoms with Crippen LogP contribution in [-0.4, -0.2) is 21.2 Å². The number of aromatic amines is 1. The lowest BCUT2D eigenvalue weighted by atomic mass is 10.1. The molecule has 1 unspecified atom stereocenters. The van der Waals surface area contributed by atoms with Crippen molar-refractivity contribution in [3.8, 4) is 0 Å². The number of H-pyrrole nitrogens is 1. The van der Waals surface area contributed by atoms with Crippen molar-refractivity contribution in [3.63, 3.8) is 0 Å². The third kappa shape index (κ3) is 1.67. The van der Waals surface area contributed by atoms with Crippen LogP contribution in [0.4, 0.5) is 0 Å². The fourth-order valence-electron chi connectivity index (χ4n) is 1.30. The number of rotatable bonds is 2. The highest BCUT2D eigenvalue weighted by Gasteiger charge is 2.16. The number of carbonyl (C=O) groups is 1. The summed E-state index contributed by atoms with van der Waals surface area (Å²) in [5, 5.41) is 17.9. The van der Waals surface area contributed by atoms with E-state index in [9.17, 15) is 14.7 Å². The highest BCUT2D eigenvalue weighted by Crippen LogP contribution is 2.10. The molecule has 1 heterocycles. The molecular weight excluding hydrogens is 186 g/mol. The van der Waals surface area contributed by atoms with Crippen molar-refractivity contribution in [2.45, 2.75) is 20.0 Å². The van der Waals surface area contributed by atoms with Crippen LogP contribution in [0.3, 0.4) is 0 Å². The molecule has 76 valence electrons. The van der Waals surface area contributed by atoms with Crippen molar-refractivity contribution in [2.75, 3.05) is 0 Å². The molecule has 3 N–H and O–H groups in total. The second-order valence-corrected chi connectivity index (χ2v) is 3.05. The van der Waals surface area contributed by atoms with Gasteiger partial charge in [0.15, 0.2) is 0 Å². The van der Waals surface area contributed by atoms with Crippen LogP contribution in [0.2, 0.25) is 0 Å². The highest BCUT2D eigenvalue weighted by molar-refractivity contribution is 5.87. The molecule has 0 bridgehead atoms. The zero-order valence-corrected chi connectivity index (χ0v) is 7.87. The second kappa shape index (κ2) is 3.63. The van der Waals surface area contributed by atoms with E-state index >= 15 is 0 Å². The summed E-state index contributed by atoms with van der Waals surface area (Å²) in [6, 6.07) is 0. The quantitative estimate of drug-likeness (QED) is 0.641. The van der Waals surface area contributed by atoms with Gasteiger partial charge in [0.1, 0.15) is 5.56 Å². The predicted octanol–water partition coefficient (Wildman–Crippen LogP) is 0.435. The summed E-state index contributed by atoms with van der Waals surface area (Å²) in [5.74, 6) is -1.30. The third-order valence-corrected chi connectivity index (χ3v) is 1.97. The van der Waals surface area contributed by atoms with Crippen LogP contribution in [0.1, 0.15) is 34.6 Å². The molecule has 5 nitrogen and oxygen atoms in total. The van der Waals surface area contributed by atoms with Gasteiger partial charge in [-0.25, -0.2) is 4.79 Å². The zero-order chi connectivity index (χ0) is 10.9. The van der Waals surface area contributed by atoms with Gasteiger partial charge in [-0.1, -0.05) is 0 Å². The van der Waals surface area contributed by atoms with Gasteiger partial charge in [-0.15, -0.1) is 0 Å². The number of aryl methyl sites for hydroxylation is 1. The molecule has 1 atom stereocenters. The number of hydrogen-bond acceptors (Lipinski definition) is 3. The van der Waals surface area contributed by atoms with Crippen molar-refractivity contribution in [3.05, 3.63) is 33.2 Å². The molecule has 5 heteroatoms. The van der Waals surface area contributed by atoms with Crippen molar-refractivity contribution in [1.29, 1.82) is 0 Å². The van der Waals surface area contributed by atoms with Crippen LogP contribution >= 0.6 is 0 Å². The maximum absolute atomic E-state index is 11.5. The molecule has 1 rings (SSSR count). The minimum atomic E-state index is -1.30. The number of nitrogens with one attached hydrogen (secondary N) is 1. The average Bonchev–Trinajstić information content (AvgIpc) is 2.02. The van der Waals surface area contributed by atoms with Gasteiger partial charge in [-0.2, -0.15) is 0 Å². The summed E-state index contributed by atoms with van der Waals surface area (Å²) >= 11 is 0. The maximum atomic E-state index is 11.5. The minimum Gasteiger partial charge on any atom is -0.477 e. The predicted molar refractivity (Wildman–Crippen MR) is 49.4 cm³/mol. The molecule has 0 amide bonds. The van der Waals surface area contributed by atoms with Crippen molar-refractivity contribution < 1.29 is 15.0 Å². The second-order valence-electron chi connectivity index (χ2n) is 3.05. The van der Waals surface area contributed by atoms with E-state index in [2.05, 4.69) is 4.98 Å². The lowest BCUT2D eigenvalue weighted by Gasteiger charge is -2.08. The minimum absolute atomic E-state index is 0.102. The Labute approximate surface area is 80.0 Å². The Morgan fingerprint density at radius 2 is 2.14 bits per heavy atom. The molecule has 0 fully saturated rings. The van der Waals surface area contributed by atoms with Gasteiger partial charge in [0.2, 0.25) is 5.43 Å². The van der Waals surface area contributed by atoms with Crippen LogP contribution < -0.4 is 5.43 Å². The van der Waals surface area contributed by atoms with Crippen molar-refractivity contribution >= 4 is 5.97 Å². The SMILES string of the molecule is Cc1[nH]cc(C(=O)O)c(=O)c1C(C)O. The largest absolute Gasteiger partial charge is 0.477 e. The standard InChI is InChI=1S/C9H11NO4/c1-4-7(5(2)11)8(12)6(3-10-4)9(13)14/h3,5,11H,1-2H3,(H,10,12)(H,13,14). The Kier molecular flexibility index (Phi) is 2.71. The summed E-state index contributed by atoms with van der Waals surface area (Å²) in [7, 11) is 0. The molecule has 0 saturated carbocycles. The topological polar surface area (TPSA) is 90.4 Å². The lowest BCUT2D eigenvalue weighted by molar-refractivity contribution is 0.0694. The number of hydrogen-bond donors (Lipinski definition) is 3. The number of aromatic nitrogens is 1. The van der Waals surface area contributed by atoms with E-state index < -0.39 is 17.5 Å². The number of aromatic carboxylic acids is 1. The van der Waals surface area contributed by atoms with Crippen molar-refractivity contribution in [1.82, 2.24) is 4.98 Å². The molecule has 0 aromatic carbocycles. The molecule has 14 heavy (non-hydrogen) atoms. The molecule has 0 radical (unpaired) electrons. The molecule has 0 aliphatic rings. The van der Waals surface area contributed by atoms with Gasteiger partial charge in [0.25, 0.3) is 0 Å². The Balaban J connectivity index is 3.50. The van der Waals surface area contributed by atoms with Gasteiger partial charge in [0, 0.05) is 17.5 Å². The van der Waals surface area contributed by atoms with E-state index in [1.165, 1.54) is 6.92 Å². The van der Waals surface area contributed by atoms with Crippen LogP contribution in [0.5, 0.6) is 0 Å². The first-order chi connectivity index (χ1) is 6.45. The number of pyridine rings is 1. The molecule has 1 aromatic heterocycles. The van der Waals surface area contributed by atoms with Crippen molar-refractivity contribution in [2.24, 2.45) is 0 Å². The Morgan fingerprint density at radius 3 is 2.57 bits per heavy atom. The normalized spacial score (nSPS) is 12.5. The van der Waals surface area contributed by atoms with E-state index in [4.69, 9.17) is 5.11 Å². The summed E-state index contributed by atoms with van der Waals surface area (Å²) in [6.07, 6.45) is 0.157. The number of aliphatic hydroxyl groups excluding tert-OH is 1. The third-order valence-electron chi connectivity index (χ3n) is 1.97. The van der Waals surface area contributed by atoms with Gasteiger partial charge < -0.3 is 15.2 Å². The van der Waals surface area contributed by atoms with Gasteiger partial charge >= 0.3 is 5.97 Å². The molecular formula is C9H11NO4. The molecule has 0 saturated heterocycles. The van der Waals surface area contributed by atoms with E-state index in [1.54, 1.807) is 6.92 Å². The number of aliphatic hydroxyl groups is 1. The fourth-order valence-corrected chi connectivity index (χ4v) is 1.30. The summed E-state index contributed by atoms with van der Waals surface area (Å²) < 4.78 is 0. The summed E-state index contributed by atoms with van der Waals surface area (Å²) in [4.78, 5) is 24.7. The van der Waals surface area contributed by atoms with Gasteiger partial charge in [-0.3, -0.25) is 4.79 Å². The fraction of sp³-hybridized carbons (Fsp3) is 0.333. The summed E-state index contributed by atoms with van der Waals surface area (Å²) in [5.41, 5.74) is -0.407. The summed E-state index contributed by atoms with van der Waals surface area (Å²) in [6.45, 7) is 3.03. The Morgan fingerprint density at radius 1 is 1.57 bits per heavy atom. The first-order valence-electron chi connectivity index (χ1n) is 4.08. The van der Waals surface area contributed by atoms with E-state index in [0.717, 1.165) is 6.20 Å². The molecule has 0 aliphatic carbocycles. The highest BCUT2D eigenvalue weighted by atomic mass is 16.4. The average molecular weight is 197 g/mol. The van der Waals surface area contributed by atoms with Gasteiger partial charge in [0.05, 0.1) is 6.10 Å². The molecule has 0 spiro atoms. The van der Waals surface area contributed by atoms with Crippen LogP contribution in [0, 0.1) is 6.92 Å². The molecule has 0 aliphatic heterocycles. The smallest absolute Gasteiger partial charge is 0.341 e. The first-order valence-corrected chi connectivity index (χ1v) is 4.08. The number of carboxylic acids is 1. The monoisotopic (exact) mass is 197 g/mol. The number of carboxylic acid groups (broad SMARTS) is 1. The molecule has 1 aromatic rings. The first kappa shape index (κ1) is 10.5.